The Balaban J connectivity index is 1.72. The lowest BCUT2D eigenvalue weighted by molar-refractivity contribution is -0.151. The van der Waals surface area contributed by atoms with Crippen molar-refractivity contribution in [2.45, 2.75) is 18.9 Å². The summed E-state index contributed by atoms with van der Waals surface area (Å²) in [5.74, 6) is -0.114. The molecule has 0 spiro atoms. The maximum Gasteiger partial charge on any atom is 0.323 e. The van der Waals surface area contributed by atoms with Gasteiger partial charge in [-0.25, -0.2) is 0 Å². The molecular formula is C21H23NO2. The predicted octanol–water partition coefficient (Wildman–Crippen LogP) is 3.76. The summed E-state index contributed by atoms with van der Waals surface area (Å²) in [7, 11) is 1.46. The molecule has 2 aromatic carbocycles. The van der Waals surface area contributed by atoms with Crippen LogP contribution < -0.4 is 0 Å². The first-order chi connectivity index (χ1) is 11.8. The molecule has 3 nitrogen and oxygen atoms in total. The maximum absolute atomic E-state index is 11.7. The van der Waals surface area contributed by atoms with Crippen LogP contribution in [0.2, 0.25) is 0 Å². The van der Waals surface area contributed by atoms with E-state index in [4.69, 9.17) is 4.74 Å². The smallest absolute Gasteiger partial charge is 0.323 e. The lowest BCUT2D eigenvalue weighted by Crippen LogP contribution is -2.52. The molecule has 0 N–H and O–H groups in total. The average molecular weight is 321 g/mol. The van der Waals surface area contributed by atoms with Gasteiger partial charge in [0.1, 0.15) is 6.04 Å². The van der Waals surface area contributed by atoms with E-state index in [0.717, 1.165) is 25.9 Å². The summed E-state index contributed by atoms with van der Waals surface area (Å²) in [6.45, 7) is 1.85. The number of nitrogens with zero attached hydrogens (tertiary/aromatic N) is 1. The van der Waals surface area contributed by atoms with Crippen molar-refractivity contribution in [3.63, 3.8) is 0 Å². The molecule has 0 amide bonds. The number of carbonyl (C=O) groups excluding carboxylic acids is 1. The second-order valence-electron chi connectivity index (χ2n) is 6.00. The molecule has 1 fully saturated rings. The van der Waals surface area contributed by atoms with Crippen LogP contribution in [0, 0.1) is 0 Å². The Bertz CT molecular complexity index is 653. The van der Waals surface area contributed by atoms with Crippen molar-refractivity contribution in [2.24, 2.45) is 0 Å². The van der Waals surface area contributed by atoms with Crippen molar-refractivity contribution < 1.29 is 9.53 Å². The average Bonchev–Trinajstić information content (AvgIpc) is 2.62. The molecule has 0 bridgehead atoms. The molecule has 24 heavy (non-hydrogen) atoms. The van der Waals surface area contributed by atoms with Crippen molar-refractivity contribution in [1.29, 1.82) is 0 Å². The third-order valence-electron chi connectivity index (χ3n) is 4.54. The topological polar surface area (TPSA) is 29.5 Å². The van der Waals surface area contributed by atoms with Crippen LogP contribution in [0.25, 0.3) is 5.57 Å². The highest BCUT2D eigenvalue weighted by atomic mass is 16.5. The number of rotatable bonds is 6. The van der Waals surface area contributed by atoms with Gasteiger partial charge in [-0.3, -0.25) is 9.69 Å². The van der Waals surface area contributed by atoms with Crippen molar-refractivity contribution in [3.8, 4) is 0 Å². The van der Waals surface area contributed by atoms with E-state index >= 15 is 0 Å². The van der Waals surface area contributed by atoms with E-state index in [1.807, 2.05) is 12.1 Å². The first-order valence-electron chi connectivity index (χ1n) is 8.42. The molecule has 0 radical (unpaired) electrons. The number of carbonyl (C=O) groups is 1. The van der Waals surface area contributed by atoms with Crippen molar-refractivity contribution in [1.82, 2.24) is 4.90 Å². The van der Waals surface area contributed by atoms with E-state index in [-0.39, 0.29) is 12.0 Å². The highest BCUT2D eigenvalue weighted by Crippen LogP contribution is 2.25. The Kier molecular flexibility index (Phi) is 5.44. The number of benzene rings is 2. The Morgan fingerprint density at radius 2 is 1.67 bits per heavy atom. The monoisotopic (exact) mass is 321 g/mol. The minimum absolute atomic E-state index is 0.0553. The fourth-order valence-electron chi connectivity index (χ4n) is 3.12. The Morgan fingerprint density at radius 3 is 2.12 bits per heavy atom. The predicted molar refractivity (Wildman–Crippen MR) is 96.6 cm³/mol. The van der Waals surface area contributed by atoms with Gasteiger partial charge in [0.25, 0.3) is 0 Å². The lowest BCUT2D eigenvalue weighted by Gasteiger charge is -2.38. The Hall–Kier alpha value is -2.39. The normalized spacial score (nSPS) is 17.0. The summed E-state index contributed by atoms with van der Waals surface area (Å²) in [6, 6.07) is 20.8. The van der Waals surface area contributed by atoms with Gasteiger partial charge in [0, 0.05) is 13.1 Å². The van der Waals surface area contributed by atoms with E-state index in [9.17, 15) is 4.79 Å². The summed E-state index contributed by atoms with van der Waals surface area (Å²) in [4.78, 5) is 13.9. The van der Waals surface area contributed by atoms with Gasteiger partial charge in [0.2, 0.25) is 0 Å². The highest BCUT2D eigenvalue weighted by molar-refractivity contribution is 5.79. The van der Waals surface area contributed by atoms with Crippen molar-refractivity contribution >= 4 is 11.5 Å². The number of methoxy groups -OCH3 is 1. The molecule has 1 heterocycles. The van der Waals surface area contributed by atoms with Crippen LogP contribution in [0.4, 0.5) is 0 Å². The summed E-state index contributed by atoms with van der Waals surface area (Å²) in [5.41, 5.74) is 3.68. The second-order valence-corrected chi connectivity index (χ2v) is 6.00. The molecule has 2 aromatic rings. The molecule has 0 aromatic heterocycles. The van der Waals surface area contributed by atoms with Crippen molar-refractivity contribution in [3.05, 3.63) is 77.9 Å². The summed E-state index contributed by atoms with van der Waals surface area (Å²) < 4.78 is 4.85. The number of hydrogen-bond donors (Lipinski definition) is 0. The Morgan fingerprint density at radius 1 is 1.08 bits per heavy atom. The molecule has 1 aliphatic heterocycles. The van der Waals surface area contributed by atoms with Gasteiger partial charge >= 0.3 is 5.97 Å². The SMILES string of the molecule is COC(=O)[C@@H]1CCN1CCC=C(c1ccccc1)c1ccccc1. The minimum Gasteiger partial charge on any atom is -0.468 e. The molecule has 3 heteroatoms. The largest absolute Gasteiger partial charge is 0.468 e. The van der Waals surface area contributed by atoms with E-state index in [2.05, 4.69) is 59.5 Å². The van der Waals surface area contributed by atoms with E-state index in [1.54, 1.807) is 0 Å². The number of likely N-dealkylation sites (tertiary alicyclic amines) is 1. The summed E-state index contributed by atoms with van der Waals surface area (Å²) in [6.07, 6.45) is 4.09. The third kappa shape index (κ3) is 3.74. The summed E-state index contributed by atoms with van der Waals surface area (Å²) >= 11 is 0. The van der Waals surface area contributed by atoms with E-state index < -0.39 is 0 Å². The van der Waals surface area contributed by atoms with Crippen molar-refractivity contribution in [2.75, 3.05) is 20.2 Å². The first-order valence-corrected chi connectivity index (χ1v) is 8.42. The standard InChI is InChI=1S/C21H23NO2/c1-24-21(23)20-14-16-22(20)15-8-13-19(17-9-4-2-5-10-17)18-11-6-3-7-12-18/h2-7,9-13,20H,8,14-16H2,1H3/t20-/m0/s1. The zero-order valence-corrected chi connectivity index (χ0v) is 14.0. The minimum atomic E-state index is -0.114. The molecule has 1 atom stereocenters. The van der Waals surface area contributed by atoms with Crippen LogP contribution in [0.1, 0.15) is 24.0 Å². The molecular weight excluding hydrogens is 298 g/mol. The second kappa shape index (κ2) is 7.93. The molecule has 0 aliphatic carbocycles. The molecule has 1 saturated heterocycles. The molecule has 3 rings (SSSR count). The van der Waals surface area contributed by atoms with Gasteiger partial charge in [-0.2, -0.15) is 0 Å². The van der Waals surface area contributed by atoms with Gasteiger partial charge < -0.3 is 4.74 Å². The number of esters is 1. The molecule has 1 aliphatic rings. The van der Waals surface area contributed by atoms with Crippen LogP contribution in [0.3, 0.4) is 0 Å². The maximum atomic E-state index is 11.7. The third-order valence-corrected chi connectivity index (χ3v) is 4.54. The summed E-state index contributed by atoms with van der Waals surface area (Å²) in [5, 5.41) is 0. The van der Waals surface area contributed by atoms with Gasteiger partial charge in [0.05, 0.1) is 7.11 Å². The van der Waals surface area contributed by atoms with Gasteiger partial charge in [-0.15, -0.1) is 0 Å². The first kappa shape index (κ1) is 16.5. The number of ether oxygens (including phenoxy) is 1. The van der Waals surface area contributed by atoms with Crippen LogP contribution in [-0.2, 0) is 9.53 Å². The van der Waals surface area contributed by atoms with E-state index in [1.165, 1.54) is 23.8 Å². The van der Waals surface area contributed by atoms with E-state index in [0.29, 0.717) is 0 Å². The molecule has 124 valence electrons. The fourth-order valence-corrected chi connectivity index (χ4v) is 3.12. The molecule has 0 saturated carbocycles. The van der Waals surface area contributed by atoms with Crippen LogP contribution in [0.5, 0.6) is 0 Å². The Labute approximate surface area is 143 Å². The molecule has 0 unspecified atom stereocenters. The zero-order chi connectivity index (χ0) is 16.8. The lowest BCUT2D eigenvalue weighted by atomic mass is 9.96. The highest BCUT2D eigenvalue weighted by Gasteiger charge is 2.34. The van der Waals surface area contributed by atoms with Gasteiger partial charge in [0.15, 0.2) is 0 Å². The van der Waals surface area contributed by atoms with Gasteiger partial charge in [-0.05, 0) is 29.5 Å². The van der Waals surface area contributed by atoms with Crippen LogP contribution >= 0.6 is 0 Å². The fraction of sp³-hybridized carbons (Fsp3) is 0.286. The van der Waals surface area contributed by atoms with Gasteiger partial charge in [-0.1, -0.05) is 66.7 Å². The zero-order valence-electron chi connectivity index (χ0n) is 14.0. The van der Waals surface area contributed by atoms with Crippen LogP contribution in [-0.4, -0.2) is 37.1 Å². The quantitative estimate of drug-likeness (QED) is 0.759. The number of hydrogen-bond acceptors (Lipinski definition) is 3. The van der Waals surface area contributed by atoms with Crippen LogP contribution in [0.15, 0.2) is 66.7 Å².